The molecule has 1 saturated heterocycles. The van der Waals surface area contributed by atoms with Gasteiger partial charge in [-0.15, -0.1) is 0 Å². The van der Waals surface area contributed by atoms with Crippen LogP contribution in [0.2, 0.25) is 0 Å². The van der Waals surface area contributed by atoms with Crippen molar-refractivity contribution < 1.29 is 23.9 Å². The molecule has 38 heavy (non-hydrogen) atoms. The number of nitrogens with one attached hydrogen (secondary N) is 1. The molecule has 0 aromatic heterocycles. The molecule has 0 atom stereocenters. The summed E-state index contributed by atoms with van der Waals surface area (Å²) in [5.41, 5.74) is 1.72. The number of nitrogens with zero attached hydrogens (tertiary/aromatic N) is 1. The topological polar surface area (TPSA) is 84.9 Å². The van der Waals surface area contributed by atoms with Crippen LogP contribution in [0.15, 0.2) is 96.6 Å². The van der Waals surface area contributed by atoms with Crippen LogP contribution in [-0.4, -0.2) is 24.5 Å². The molecule has 0 saturated carbocycles. The monoisotopic (exact) mass is 506 g/mol. The van der Waals surface area contributed by atoms with Crippen LogP contribution in [0, 0.1) is 0 Å². The number of barbiturate groups is 1. The molecule has 1 fully saturated rings. The fraction of sp³-hybridized carbons (Fsp3) is 0.129. The van der Waals surface area contributed by atoms with Gasteiger partial charge in [-0.3, -0.25) is 14.9 Å². The van der Waals surface area contributed by atoms with E-state index in [0.717, 1.165) is 27.7 Å². The van der Waals surface area contributed by atoms with Gasteiger partial charge in [0.2, 0.25) is 0 Å². The highest BCUT2D eigenvalue weighted by atomic mass is 16.5. The molecule has 190 valence electrons. The maximum absolute atomic E-state index is 13.5. The maximum Gasteiger partial charge on any atom is 0.335 e. The number of benzene rings is 4. The quantitative estimate of drug-likeness (QED) is 0.239. The predicted molar refractivity (Wildman–Crippen MR) is 146 cm³/mol. The average molecular weight is 507 g/mol. The first-order valence-corrected chi connectivity index (χ1v) is 12.4. The zero-order valence-corrected chi connectivity index (χ0v) is 20.8. The van der Waals surface area contributed by atoms with E-state index in [1.807, 2.05) is 73.7 Å². The number of carbonyl (C=O) groups is 3. The molecule has 1 aliphatic heterocycles. The minimum absolute atomic E-state index is 0.170. The molecule has 7 nitrogen and oxygen atoms in total. The van der Waals surface area contributed by atoms with Gasteiger partial charge in [-0.05, 0) is 59.2 Å². The van der Waals surface area contributed by atoms with Gasteiger partial charge in [0.1, 0.15) is 23.7 Å². The fourth-order valence-electron chi connectivity index (χ4n) is 4.23. The zero-order valence-electron chi connectivity index (χ0n) is 20.8. The van der Waals surface area contributed by atoms with Crippen LogP contribution in [0.3, 0.4) is 0 Å². The van der Waals surface area contributed by atoms with E-state index in [9.17, 15) is 14.4 Å². The highest BCUT2D eigenvalue weighted by molar-refractivity contribution is 6.39. The van der Waals surface area contributed by atoms with E-state index in [2.05, 4.69) is 5.32 Å². The summed E-state index contributed by atoms with van der Waals surface area (Å²) in [6, 6.07) is 26.9. The van der Waals surface area contributed by atoms with Crippen molar-refractivity contribution in [2.24, 2.45) is 0 Å². The third-order valence-corrected chi connectivity index (χ3v) is 6.13. The van der Waals surface area contributed by atoms with Crippen LogP contribution in [-0.2, 0) is 16.2 Å². The third kappa shape index (κ3) is 5.13. The number of ether oxygens (including phenoxy) is 2. The Morgan fingerprint density at radius 3 is 2.32 bits per heavy atom. The number of anilines is 1. The van der Waals surface area contributed by atoms with Gasteiger partial charge in [-0.1, -0.05) is 67.6 Å². The minimum Gasteiger partial charge on any atom is -0.494 e. The number of fused-ring (bicyclic) bond motifs is 1. The summed E-state index contributed by atoms with van der Waals surface area (Å²) in [5.74, 6) is -0.339. The SMILES string of the molecule is CCCOc1ccc(N2C(=O)NC(=O)/C(=C/c3c(OCc4ccccc4)ccc4ccccc34)C2=O)cc1. The lowest BCUT2D eigenvalue weighted by Gasteiger charge is -2.26. The Morgan fingerprint density at radius 1 is 0.816 bits per heavy atom. The molecular weight excluding hydrogens is 480 g/mol. The third-order valence-electron chi connectivity index (χ3n) is 6.13. The lowest BCUT2D eigenvalue weighted by atomic mass is 9.99. The number of urea groups is 1. The van der Waals surface area contributed by atoms with Gasteiger partial charge in [-0.2, -0.15) is 0 Å². The number of rotatable bonds is 8. The van der Waals surface area contributed by atoms with E-state index in [4.69, 9.17) is 9.47 Å². The molecule has 0 unspecified atom stereocenters. The minimum atomic E-state index is -0.808. The number of carbonyl (C=O) groups excluding carboxylic acids is 3. The Labute approximate surface area is 220 Å². The first kappa shape index (κ1) is 24.8. The summed E-state index contributed by atoms with van der Waals surface area (Å²) in [6.45, 7) is 2.88. The van der Waals surface area contributed by atoms with E-state index >= 15 is 0 Å². The van der Waals surface area contributed by atoms with E-state index in [0.29, 0.717) is 36.0 Å². The molecule has 4 aromatic carbocycles. The van der Waals surface area contributed by atoms with Crippen molar-refractivity contribution in [3.63, 3.8) is 0 Å². The smallest absolute Gasteiger partial charge is 0.335 e. The lowest BCUT2D eigenvalue weighted by molar-refractivity contribution is -0.122. The van der Waals surface area contributed by atoms with Gasteiger partial charge in [0.05, 0.1) is 12.3 Å². The average Bonchev–Trinajstić information content (AvgIpc) is 2.94. The van der Waals surface area contributed by atoms with Crippen LogP contribution in [0.25, 0.3) is 16.8 Å². The summed E-state index contributed by atoms with van der Waals surface area (Å²) >= 11 is 0. The highest BCUT2D eigenvalue weighted by Gasteiger charge is 2.37. The fourth-order valence-corrected chi connectivity index (χ4v) is 4.23. The molecule has 1 N–H and O–H groups in total. The Hall–Kier alpha value is -4.91. The van der Waals surface area contributed by atoms with Crippen molar-refractivity contribution in [1.82, 2.24) is 5.32 Å². The predicted octanol–water partition coefficient (Wildman–Crippen LogP) is 5.87. The molecule has 0 spiro atoms. The Morgan fingerprint density at radius 2 is 1.55 bits per heavy atom. The van der Waals surface area contributed by atoms with Crippen molar-refractivity contribution in [2.45, 2.75) is 20.0 Å². The van der Waals surface area contributed by atoms with Crippen molar-refractivity contribution >= 4 is 40.4 Å². The molecule has 4 aromatic rings. The summed E-state index contributed by atoms with van der Waals surface area (Å²) in [4.78, 5) is 40.1. The van der Waals surface area contributed by atoms with Gasteiger partial charge in [0, 0.05) is 5.56 Å². The number of imide groups is 2. The van der Waals surface area contributed by atoms with Crippen LogP contribution in [0.4, 0.5) is 10.5 Å². The lowest BCUT2D eigenvalue weighted by Crippen LogP contribution is -2.54. The molecule has 4 amide bonds. The molecule has 0 radical (unpaired) electrons. The first-order valence-electron chi connectivity index (χ1n) is 12.4. The van der Waals surface area contributed by atoms with Crippen LogP contribution in [0.1, 0.15) is 24.5 Å². The molecule has 5 rings (SSSR count). The maximum atomic E-state index is 13.5. The summed E-state index contributed by atoms with van der Waals surface area (Å²) < 4.78 is 11.7. The molecule has 1 heterocycles. The van der Waals surface area contributed by atoms with Gasteiger partial charge in [0.25, 0.3) is 11.8 Å². The van der Waals surface area contributed by atoms with Crippen LogP contribution in [0.5, 0.6) is 11.5 Å². The van der Waals surface area contributed by atoms with Gasteiger partial charge in [0.15, 0.2) is 0 Å². The summed E-state index contributed by atoms with van der Waals surface area (Å²) in [5, 5.41) is 4.02. The van der Waals surface area contributed by atoms with Crippen LogP contribution >= 0.6 is 0 Å². The van der Waals surface area contributed by atoms with Gasteiger partial charge < -0.3 is 9.47 Å². The number of hydrogen-bond acceptors (Lipinski definition) is 5. The Bertz CT molecular complexity index is 1530. The highest BCUT2D eigenvalue weighted by Crippen LogP contribution is 2.32. The van der Waals surface area contributed by atoms with E-state index in [1.54, 1.807) is 24.3 Å². The van der Waals surface area contributed by atoms with Crippen molar-refractivity contribution in [1.29, 1.82) is 0 Å². The van der Waals surface area contributed by atoms with E-state index < -0.39 is 17.8 Å². The molecular formula is C31H26N2O5. The molecule has 7 heteroatoms. The van der Waals surface area contributed by atoms with Crippen molar-refractivity contribution in [3.05, 3.63) is 108 Å². The Balaban J connectivity index is 1.52. The number of hydrogen-bond donors (Lipinski definition) is 1. The largest absolute Gasteiger partial charge is 0.494 e. The van der Waals surface area contributed by atoms with Crippen molar-refractivity contribution in [3.8, 4) is 11.5 Å². The normalized spacial score (nSPS) is 14.6. The Kier molecular flexibility index (Phi) is 7.17. The summed E-state index contributed by atoms with van der Waals surface area (Å²) in [7, 11) is 0. The molecule has 1 aliphatic rings. The second kappa shape index (κ2) is 11.0. The van der Waals surface area contributed by atoms with Crippen LogP contribution < -0.4 is 19.7 Å². The van der Waals surface area contributed by atoms with E-state index in [1.165, 1.54) is 6.08 Å². The van der Waals surface area contributed by atoms with Crippen molar-refractivity contribution in [2.75, 3.05) is 11.5 Å². The second-order valence-corrected chi connectivity index (χ2v) is 8.77. The molecule has 0 bridgehead atoms. The summed E-state index contributed by atoms with van der Waals surface area (Å²) in [6.07, 6.45) is 2.36. The van der Waals surface area contributed by atoms with Gasteiger partial charge in [-0.25, -0.2) is 9.69 Å². The second-order valence-electron chi connectivity index (χ2n) is 8.77. The standard InChI is InChI=1S/C31H26N2O5/c1-2-18-37-24-15-13-23(14-16-24)33-30(35)27(29(34)32-31(33)36)19-26-25-11-7-6-10-22(25)12-17-28(26)38-20-21-8-4-3-5-9-21/h3-17,19H,2,18,20H2,1H3,(H,32,34,36)/b27-19-. The first-order chi connectivity index (χ1) is 18.5. The molecule has 0 aliphatic carbocycles. The van der Waals surface area contributed by atoms with Gasteiger partial charge >= 0.3 is 6.03 Å². The zero-order chi connectivity index (χ0) is 26.5. The number of amides is 4. The van der Waals surface area contributed by atoms with E-state index in [-0.39, 0.29) is 5.57 Å².